The molecule has 1 rings (SSSR count). The van der Waals surface area contributed by atoms with E-state index in [9.17, 15) is 3.74 Å². The molecule has 2 nitrogen and oxygen atoms in total. The molecule has 9 heavy (non-hydrogen) atoms. The number of hydrogen-bond acceptors (Lipinski definition) is 2. The summed E-state index contributed by atoms with van der Waals surface area (Å²) < 4.78 is 11.2. The SMILES string of the molecule is O=[AsH2]c1ccc(O)cc1. The Morgan fingerprint density at radius 3 is 2.22 bits per heavy atom. The van der Waals surface area contributed by atoms with Gasteiger partial charge in [-0.15, -0.1) is 0 Å². The van der Waals surface area contributed by atoms with Gasteiger partial charge >= 0.3 is 58.9 Å². The van der Waals surface area contributed by atoms with Crippen LogP contribution >= 0.6 is 0 Å². The second kappa shape index (κ2) is 2.79. The first-order valence-electron chi connectivity index (χ1n) is 2.57. The van der Waals surface area contributed by atoms with E-state index in [4.69, 9.17) is 5.11 Å². The second-order valence-electron chi connectivity index (χ2n) is 1.71. The molecular weight excluding hydrogens is 179 g/mol. The van der Waals surface area contributed by atoms with Crippen molar-refractivity contribution in [3.63, 3.8) is 0 Å². The van der Waals surface area contributed by atoms with Gasteiger partial charge in [0.15, 0.2) is 0 Å². The van der Waals surface area contributed by atoms with E-state index in [1.807, 2.05) is 0 Å². The van der Waals surface area contributed by atoms with Gasteiger partial charge in [-0.05, 0) is 0 Å². The zero-order valence-electron chi connectivity index (χ0n) is 4.74. The van der Waals surface area contributed by atoms with Crippen LogP contribution in [0.4, 0.5) is 0 Å². The predicted octanol–water partition coefficient (Wildman–Crippen LogP) is -0.468. The van der Waals surface area contributed by atoms with Crippen molar-refractivity contribution >= 4 is 20.0 Å². The van der Waals surface area contributed by atoms with Gasteiger partial charge in [0.1, 0.15) is 0 Å². The van der Waals surface area contributed by atoms with Crippen LogP contribution in [-0.2, 0) is 3.74 Å². The number of aromatic hydroxyl groups is 1. The van der Waals surface area contributed by atoms with Gasteiger partial charge in [0, 0.05) is 0 Å². The maximum atomic E-state index is 10.3. The quantitative estimate of drug-likeness (QED) is 0.602. The van der Waals surface area contributed by atoms with Crippen LogP contribution in [0.5, 0.6) is 5.75 Å². The summed E-state index contributed by atoms with van der Waals surface area (Å²) in [4.78, 5) is 0. The van der Waals surface area contributed by atoms with Gasteiger partial charge in [0.05, 0.1) is 0 Å². The molecule has 0 aromatic heterocycles. The average Bonchev–Trinajstić information content (AvgIpc) is 1.90. The molecule has 0 radical (unpaired) electrons. The van der Waals surface area contributed by atoms with E-state index < -0.39 is 15.7 Å². The van der Waals surface area contributed by atoms with Gasteiger partial charge < -0.3 is 0 Å². The normalized spacial score (nSPS) is 10.7. The van der Waals surface area contributed by atoms with Gasteiger partial charge in [0.2, 0.25) is 0 Å². The fraction of sp³-hybridized carbons (Fsp3) is 0. The Hall–Kier alpha value is -0.622. The Kier molecular flexibility index (Phi) is 2.01. The minimum absolute atomic E-state index is 0.226. The molecule has 0 saturated heterocycles. The fourth-order valence-electron chi connectivity index (χ4n) is 0.553. The molecule has 0 aliphatic rings. The van der Waals surface area contributed by atoms with E-state index >= 15 is 0 Å². The van der Waals surface area contributed by atoms with E-state index in [2.05, 4.69) is 0 Å². The van der Waals surface area contributed by atoms with Crippen LogP contribution in [-0.4, -0.2) is 20.8 Å². The molecule has 0 saturated carbocycles. The summed E-state index contributed by atoms with van der Waals surface area (Å²) in [6.45, 7) is 0. The molecule has 0 heterocycles. The molecule has 1 aromatic rings. The van der Waals surface area contributed by atoms with Crippen LogP contribution in [0.15, 0.2) is 24.3 Å². The zero-order chi connectivity index (χ0) is 6.69. The molecule has 3 heteroatoms. The summed E-state index contributed by atoms with van der Waals surface area (Å²) in [5, 5.41) is 8.77. The van der Waals surface area contributed by atoms with Gasteiger partial charge in [0.25, 0.3) is 0 Å². The molecule has 0 fully saturated rings. The van der Waals surface area contributed by atoms with Crippen LogP contribution in [0.25, 0.3) is 0 Å². The van der Waals surface area contributed by atoms with Gasteiger partial charge in [-0.3, -0.25) is 0 Å². The molecule has 0 bridgehead atoms. The Bertz CT molecular complexity index is 205. The van der Waals surface area contributed by atoms with Gasteiger partial charge in [-0.1, -0.05) is 0 Å². The van der Waals surface area contributed by atoms with Crippen molar-refractivity contribution in [2.45, 2.75) is 0 Å². The average molecular weight is 186 g/mol. The van der Waals surface area contributed by atoms with Gasteiger partial charge in [-0.2, -0.15) is 0 Å². The van der Waals surface area contributed by atoms with Crippen molar-refractivity contribution in [1.29, 1.82) is 0 Å². The molecule has 1 atom stereocenters. The Labute approximate surface area is 59.4 Å². The molecule has 0 amide bonds. The summed E-state index contributed by atoms with van der Waals surface area (Å²) >= 11 is -1.42. The van der Waals surface area contributed by atoms with Crippen molar-refractivity contribution in [1.82, 2.24) is 0 Å². The van der Waals surface area contributed by atoms with Crippen molar-refractivity contribution < 1.29 is 8.85 Å². The Balaban J connectivity index is 3.01. The minimum atomic E-state index is -1.42. The van der Waals surface area contributed by atoms with Crippen molar-refractivity contribution in [2.24, 2.45) is 0 Å². The molecule has 1 aromatic carbocycles. The summed E-state index contributed by atoms with van der Waals surface area (Å²) in [5.41, 5.74) is 0. The van der Waals surface area contributed by atoms with E-state index in [0.29, 0.717) is 0 Å². The van der Waals surface area contributed by atoms with Gasteiger partial charge in [-0.25, -0.2) is 0 Å². The molecule has 1 unspecified atom stereocenters. The summed E-state index contributed by atoms with van der Waals surface area (Å²) in [6, 6.07) is 6.46. The Morgan fingerprint density at radius 2 is 1.78 bits per heavy atom. The maximum absolute atomic E-state index is 10.3. The fourth-order valence-corrected chi connectivity index (χ4v) is 1.29. The first kappa shape index (κ1) is 6.50. The molecule has 1 N–H and O–H groups in total. The van der Waals surface area contributed by atoms with E-state index in [1.165, 1.54) is 0 Å². The van der Waals surface area contributed by atoms with Crippen LogP contribution in [0.3, 0.4) is 0 Å². The second-order valence-corrected chi connectivity index (χ2v) is 3.60. The monoisotopic (exact) mass is 186 g/mol. The van der Waals surface area contributed by atoms with E-state index in [0.717, 1.165) is 4.35 Å². The predicted molar refractivity (Wildman–Crippen MR) is 37.0 cm³/mol. The summed E-state index contributed by atoms with van der Waals surface area (Å²) in [6.07, 6.45) is 0. The molecule has 0 aliphatic heterocycles. The molecule has 48 valence electrons. The third-order valence-corrected chi connectivity index (χ3v) is 2.41. The topological polar surface area (TPSA) is 37.3 Å². The number of rotatable bonds is 1. The number of hydrogen-bond donors (Lipinski definition) is 1. The molecular formula is C6H7AsO2. The molecule has 0 spiro atoms. The Morgan fingerprint density at radius 1 is 1.22 bits per heavy atom. The first-order chi connectivity index (χ1) is 4.33. The number of phenolic OH excluding ortho intramolecular Hbond substituents is 1. The standard InChI is InChI=1S/C6H7AsO2/c8-6-3-1-5(7-9)2-4-6/h1-4,8H,7H2. The number of phenols is 1. The zero-order valence-corrected chi connectivity index (χ0v) is 7.16. The molecule has 0 aliphatic carbocycles. The van der Waals surface area contributed by atoms with Crippen LogP contribution in [0.1, 0.15) is 0 Å². The van der Waals surface area contributed by atoms with Crippen molar-refractivity contribution in [3.8, 4) is 5.75 Å². The van der Waals surface area contributed by atoms with Crippen LogP contribution in [0, 0.1) is 0 Å². The number of benzene rings is 1. The van der Waals surface area contributed by atoms with Crippen molar-refractivity contribution in [3.05, 3.63) is 24.3 Å². The third kappa shape index (κ3) is 1.65. The van der Waals surface area contributed by atoms with E-state index in [1.54, 1.807) is 24.3 Å². The first-order valence-corrected chi connectivity index (χ1v) is 4.77. The van der Waals surface area contributed by atoms with Crippen LogP contribution < -0.4 is 4.35 Å². The van der Waals surface area contributed by atoms with Crippen LogP contribution in [0.2, 0.25) is 0 Å². The van der Waals surface area contributed by atoms with E-state index in [-0.39, 0.29) is 5.75 Å². The summed E-state index contributed by atoms with van der Waals surface area (Å²) in [7, 11) is 0. The summed E-state index contributed by atoms with van der Waals surface area (Å²) in [5.74, 6) is 0.226. The van der Waals surface area contributed by atoms with Crippen molar-refractivity contribution in [2.75, 3.05) is 0 Å². The third-order valence-electron chi connectivity index (χ3n) is 1.03.